The highest BCUT2D eigenvalue weighted by atomic mass is 35.5. The minimum absolute atomic E-state index is 0.162. The normalized spacial score (nSPS) is 13.5. The van der Waals surface area contributed by atoms with Crippen molar-refractivity contribution in [1.82, 2.24) is 4.90 Å². The number of halogens is 2. The molecule has 1 heterocycles. The fourth-order valence-corrected chi connectivity index (χ4v) is 4.46. The topological polar surface area (TPSA) is 64.7 Å². The first kappa shape index (κ1) is 23.9. The predicted molar refractivity (Wildman–Crippen MR) is 139 cm³/mol. The fourth-order valence-electron chi connectivity index (χ4n) is 3.97. The minimum Gasteiger partial charge on any atom is -0.368 e. The van der Waals surface area contributed by atoms with Crippen LogP contribution in [0.2, 0.25) is 10.0 Å². The molecule has 2 N–H and O–H groups in total. The quantitative estimate of drug-likeness (QED) is 0.466. The summed E-state index contributed by atoms with van der Waals surface area (Å²) in [4.78, 5) is 29.2. The molecular weight excluding hydrogens is 471 g/mol. The second-order valence-corrected chi connectivity index (χ2v) is 9.07. The molecule has 3 amide bonds. The molecule has 0 bridgehead atoms. The Morgan fingerprint density at radius 2 is 1.50 bits per heavy atom. The van der Waals surface area contributed by atoms with Crippen molar-refractivity contribution >= 4 is 52.2 Å². The summed E-state index contributed by atoms with van der Waals surface area (Å²) in [6.07, 6.45) is 0.434. The summed E-state index contributed by atoms with van der Waals surface area (Å²) in [5.41, 5.74) is 4.28. The molecule has 1 fully saturated rings. The van der Waals surface area contributed by atoms with Crippen molar-refractivity contribution in [3.05, 3.63) is 87.9 Å². The number of anilines is 3. The molecule has 0 saturated carbocycles. The molecule has 3 aromatic carbocycles. The first-order valence-electron chi connectivity index (χ1n) is 11.1. The molecule has 4 rings (SSSR count). The first-order chi connectivity index (χ1) is 16.4. The molecule has 1 saturated heterocycles. The van der Waals surface area contributed by atoms with Gasteiger partial charge in [0.15, 0.2) is 0 Å². The minimum atomic E-state index is -0.427. The van der Waals surface area contributed by atoms with Gasteiger partial charge in [-0.2, -0.15) is 0 Å². The van der Waals surface area contributed by atoms with Gasteiger partial charge < -0.3 is 20.4 Å². The monoisotopic (exact) mass is 496 g/mol. The number of nitrogens with one attached hydrogen (secondary N) is 2. The molecule has 8 heteroatoms. The number of piperazine rings is 1. The highest BCUT2D eigenvalue weighted by Crippen LogP contribution is 2.30. The van der Waals surface area contributed by atoms with Gasteiger partial charge in [0.25, 0.3) is 0 Å². The maximum Gasteiger partial charge on any atom is 0.323 e. The van der Waals surface area contributed by atoms with Crippen molar-refractivity contribution in [3.8, 4) is 0 Å². The smallest absolute Gasteiger partial charge is 0.323 e. The highest BCUT2D eigenvalue weighted by molar-refractivity contribution is 6.39. The number of urea groups is 1. The Bertz CT molecular complexity index is 1160. The average molecular weight is 497 g/mol. The van der Waals surface area contributed by atoms with Gasteiger partial charge in [0.05, 0.1) is 22.2 Å². The van der Waals surface area contributed by atoms with Crippen molar-refractivity contribution in [3.63, 3.8) is 0 Å². The van der Waals surface area contributed by atoms with Gasteiger partial charge in [0.1, 0.15) is 0 Å². The Balaban J connectivity index is 1.28. The molecule has 176 valence electrons. The molecule has 34 heavy (non-hydrogen) atoms. The molecule has 0 aromatic heterocycles. The van der Waals surface area contributed by atoms with Gasteiger partial charge in [-0.25, -0.2) is 4.79 Å². The van der Waals surface area contributed by atoms with Crippen LogP contribution in [0.1, 0.15) is 11.1 Å². The Morgan fingerprint density at radius 1 is 0.853 bits per heavy atom. The van der Waals surface area contributed by atoms with Gasteiger partial charge in [-0.3, -0.25) is 4.79 Å². The lowest BCUT2D eigenvalue weighted by atomic mass is 10.1. The van der Waals surface area contributed by atoms with Crippen LogP contribution in [0.15, 0.2) is 66.7 Å². The number of nitrogens with zero attached hydrogens (tertiary/aromatic N) is 2. The van der Waals surface area contributed by atoms with E-state index in [0.717, 1.165) is 29.9 Å². The Kier molecular flexibility index (Phi) is 7.60. The van der Waals surface area contributed by atoms with E-state index in [0.29, 0.717) is 40.9 Å². The SMILES string of the molecule is Cc1cccc(CC(=O)N2CCN(c3ccc(NC(=O)Nc4c(Cl)cccc4Cl)cc3)CC2)c1. The maximum absolute atomic E-state index is 12.7. The van der Waals surface area contributed by atoms with Crippen molar-refractivity contribution in [2.24, 2.45) is 0 Å². The number of hydrogen-bond acceptors (Lipinski definition) is 3. The standard InChI is InChI=1S/C26H26Cl2N4O2/c1-18-4-2-5-19(16-18)17-24(33)32-14-12-31(13-15-32)21-10-8-20(9-11-21)29-26(34)30-25-22(27)6-3-7-23(25)28/h2-11,16H,12-15,17H2,1H3,(H2,29,30,34). The van der Waals surface area contributed by atoms with E-state index in [4.69, 9.17) is 23.2 Å². The number of para-hydroxylation sites is 1. The number of amides is 3. The zero-order valence-electron chi connectivity index (χ0n) is 18.9. The third kappa shape index (κ3) is 6.01. The fraction of sp³-hybridized carbons (Fsp3) is 0.231. The zero-order valence-corrected chi connectivity index (χ0v) is 20.4. The molecule has 0 spiro atoms. The number of carbonyl (C=O) groups excluding carboxylic acids is 2. The van der Waals surface area contributed by atoms with E-state index in [2.05, 4.69) is 21.6 Å². The lowest BCUT2D eigenvalue weighted by Crippen LogP contribution is -2.49. The first-order valence-corrected chi connectivity index (χ1v) is 11.8. The van der Waals surface area contributed by atoms with E-state index in [9.17, 15) is 9.59 Å². The Labute approximate surface area is 209 Å². The van der Waals surface area contributed by atoms with Crippen LogP contribution in [-0.2, 0) is 11.2 Å². The summed E-state index contributed by atoms with van der Waals surface area (Å²) in [7, 11) is 0. The summed E-state index contributed by atoms with van der Waals surface area (Å²) in [6.45, 7) is 4.93. The van der Waals surface area contributed by atoms with Gasteiger partial charge in [-0.1, -0.05) is 59.1 Å². The zero-order chi connectivity index (χ0) is 24.1. The van der Waals surface area contributed by atoms with Crippen LogP contribution in [-0.4, -0.2) is 43.0 Å². The van der Waals surface area contributed by atoms with Crippen LogP contribution >= 0.6 is 23.2 Å². The molecule has 0 radical (unpaired) electrons. The van der Waals surface area contributed by atoms with Crippen molar-refractivity contribution < 1.29 is 9.59 Å². The number of aryl methyl sites for hydroxylation is 1. The predicted octanol–water partition coefficient (Wildman–Crippen LogP) is 5.84. The van der Waals surface area contributed by atoms with Crippen LogP contribution < -0.4 is 15.5 Å². The van der Waals surface area contributed by atoms with Gasteiger partial charge in [-0.05, 0) is 48.9 Å². The van der Waals surface area contributed by atoms with E-state index in [1.807, 2.05) is 54.3 Å². The lowest BCUT2D eigenvalue weighted by Gasteiger charge is -2.36. The lowest BCUT2D eigenvalue weighted by molar-refractivity contribution is -0.130. The number of carbonyl (C=O) groups is 2. The summed E-state index contributed by atoms with van der Waals surface area (Å²) in [5, 5.41) is 6.20. The van der Waals surface area contributed by atoms with Gasteiger partial charge in [0.2, 0.25) is 5.91 Å². The average Bonchev–Trinajstić information content (AvgIpc) is 2.82. The Morgan fingerprint density at radius 3 is 2.15 bits per heavy atom. The highest BCUT2D eigenvalue weighted by Gasteiger charge is 2.21. The molecule has 1 aliphatic heterocycles. The summed E-state index contributed by atoms with van der Waals surface area (Å²) in [6, 6.07) is 20.3. The number of hydrogen-bond donors (Lipinski definition) is 2. The van der Waals surface area contributed by atoms with E-state index in [1.165, 1.54) is 0 Å². The van der Waals surface area contributed by atoms with Crippen molar-refractivity contribution in [2.45, 2.75) is 13.3 Å². The van der Waals surface area contributed by atoms with E-state index < -0.39 is 6.03 Å². The summed E-state index contributed by atoms with van der Waals surface area (Å²) in [5.74, 6) is 0.162. The molecule has 3 aromatic rings. The van der Waals surface area contributed by atoms with Crippen LogP contribution in [0.4, 0.5) is 21.9 Å². The van der Waals surface area contributed by atoms with Crippen LogP contribution in [0.3, 0.4) is 0 Å². The molecule has 0 aliphatic carbocycles. The summed E-state index contributed by atoms with van der Waals surface area (Å²) >= 11 is 12.2. The van der Waals surface area contributed by atoms with Crippen LogP contribution in [0.25, 0.3) is 0 Å². The van der Waals surface area contributed by atoms with Gasteiger partial charge in [0, 0.05) is 37.6 Å². The van der Waals surface area contributed by atoms with Gasteiger partial charge >= 0.3 is 6.03 Å². The van der Waals surface area contributed by atoms with Crippen molar-refractivity contribution in [2.75, 3.05) is 41.7 Å². The third-order valence-corrected chi connectivity index (χ3v) is 6.39. The Hall–Kier alpha value is -3.22. The molecular formula is C26H26Cl2N4O2. The van der Waals surface area contributed by atoms with E-state index in [1.54, 1.807) is 18.2 Å². The van der Waals surface area contributed by atoms with E-state index in [-0.39, 0.29) is 5.91 Å². The third-order valence-electron chi connectivity index (χ3n) is 5.76. The second kappa shape index (κ2) is 10.8. The number of benzene rings is 3. The van der Waals surface area contributed by atoms with Crippen LogP contribution in [0.5, 0.6) is 0 Å². The second-order valence-electron chi connectivity index (χ2n) is 8.26. The molecule has 6 nitrogen and oxygen atoms in total. The molecule has 1 aliphatic rings. The maximum atomic E-state index is 12.7. The molecule has 0 unspecified atom stereocenters. The molecule has 0 atom stereocenters. The van der Waals surface area contributed by atoms with E-state index >= 15 is 0 Å². The van der Waals surface area contributed by atoms with Crippen molar-refractivity contribution in [1.29, 1.82) is 0 Å². The van der Waals surface area contributed by atoms with Crippen LogP contribution in [0, 0.1) is 6.92 Å². The van der Waals surface area contributed by atoms with Gasteiger partial charge in [-0.15, -0.1) is 0 Å². The number of rotatable bonds is 5. The largest absolute Gasteiger partial charge is 0.368 e. The summed E-state index contributed by atoms with van der Waals surface area (Å²) < 4.78 is 0.